The summed E-state index contributed by atoms with van der Waals surface area (Å²) in [6.45, 7) is 6.02. The van der Waals surface area contributed by atoms with E-state index < -0.39 is 5.54 Å². The Morgan fingerprint density at radius 3 is 2.83 bits per heavy atom. The van der Waals surface area contributed by atoms with E-state index in [2.05, 4.69) is 15.3 Å². The molecule has 0 saturated carbocycles. The van der Waals surface area contributed by atoms with Crippen molar-refractivity contribution in [2.45, 2.75) is 31.5 Å². The number of aromatic nitrogens is 2. The summed E-state index contributed by atoms with van der Waals surface area (Å²) in [7, 11) is 0. The number of carbonyl (C=O) groups excluding carboxylic acids is 2. The summed E-state index contributed by atoms with van der Waals surface area (Å²) in [4.78, 5) is 35.0. The van der Waals surface area contributed by atoms with E-state index in [1.807, 2.05) is 43.3 Å². The third-order valence-corrected chi connectivity index (χ3v) is 5.69. The van der Waals surface area contributed by atoms with Crippen molar-refractivity contribution in [3.05, 3.63) is 42.5 Å². The minimum absolute atomic E-state index is 0.155. The molecule has 29 heavy (non-hydrogen) atoms. The van der Waals surface area contributed by atoms with Gasteiger partial charge in [0, 0.05) is 6.07 Å². The average molecular weight is 410 g/mol. The van der Waals surface area contributed by atoms with Crippen LogP contribution in [-0.4, -0.2) is 39.7 Å². The number of para-hydroxylation sites is 2. The van der Waals surface area contributed by atoms with Crippen LogP contribution in [0.25, 0.3) is 11.0 Å². The highest BCUT2D eigenvalue weighted by Gasteiger charge is 2.43. The van der Waals surface area contributed by atoms with E-state index in [-0.39, 0.29) is 17.6 Å². The molecule has 0 radical (unpaired) electrons. The zero-order chi connectivity index (χ0) is 20.6. The lowest BCUT2D eigenvalue weighted by Crippen LogP contribution is -2.58. The highest BCUT2D eigenvalue weighted by Crippen LogP contribution is 2.37. The number of hydrogen-bond donors (Lipinski definition) is 2. The Morgan fingerprint density at radius 2 is 2.03 bits per heavy atom. The number of ether oxygens (including phenoxy) is 1. The van der Waals surface area contributed by atoms with Gasteiger partial charge in [0.15, 0.2) is 5.16 Å². The molecule has 1 aromatic heterocycles. The van der Waals surface area contributed by atoms with Crippen LogP contribution in [0.2, 0.25) is 0 Å². The predicted molar refractivity (Wildman–Crippen MR) is 115 cm³/mol. The van der Waals surface area contributed by atoms with Gasteiger partial charge in [0.05, 0.1) is 34.8 Å². The van der Waals surface area contributed by atoms with Gasteiger partial charge in [-0.2, -0.15) is 0 Å². The summed E-state index contributed by atoms with van der Waals surface area (Å²) in [5.41, 5.74) is 2.03. The fourth-order valence-electron chi connectivity index (χ4n) is 3.38. The van der Waals surface area contributed by atoms with Crippen LogP contribution in [0.1, 0.15) is 20.8 Å². The van der Waals surface area contributed by atoms with Crippen molar-refractivity contribution in [3.8, 4) is 5.75 Å². The molecular weight excluding hydrogens is 388 g/mol. The maximum Gasteiger partial charge on any atom is 0.250 e. The van der Waals surface area contributed by atoms with Crippen LogP contribution in [0, 0.1) is 0 Å². The molecular formula is C21H22N4O3S. The van der Waals surface area contributed by atoms with Gasteiger partial charge in [-0.05, 0) is 45.0 Å². The number of carbonyl (C=O) groups is 2. The largest absolute Gasteiger partial charge is 0.494 e. The molecule has 2 N–H and O–H groups in total. The Morgan fingerprint density at radius 1 is 1.24 bits per heavy atom. The predicted octanol–water partition coefficient (Wildman–Crippen LogP) is 3.82. The fraction of sp³-hybridized carbons (Fsp3) is 0.286. The first-order valence-corrected chi connectivity index (χ1v) is 10.4. The molecule has 2 heterocycles. The van der Waals surface area contributed by atoms with E-state index in [4.69, 9.17) is 4.74 Å². The van der Waals surface area contributed by atoms with Gasteiger partial charge in [0.1, 0.15) is 11.3 Å². The second-order valence-electron chi connectivity index (χ2n) is 7.20. The van der Waals surface area contributed by atoms with Crippen molar-refractivity contribution >= 4 is 46.0 Å². The van der Waals surface area contributed by atoms with Crippen molar-refractivity contribution in [2.75, 3.05) is 22.6 Å². The summed E-state index contributed by atoms with van der Waals surface area (Å²) in [5, 5.41) is 3.52. The van der Waals surface area contributed by atoms with Crippen LogP contribution in [-0.2, 0) is 9.59 Å². The minimum atomic E-state index is -0.980. The topological polar surface area (TPSA) is 87.3 Å². The summed E-state index contributed by atoms with van der Waals surface area (Å²) < 4.78 is 5.51. The molecule has 0 saturated heterocycles. The number of amides is 2. The third-order valence-electron chi connectivity index (χ3n) is 4.83. The van der Waals surface area contributed by atoms with Crippen LogP contribution < -0.4 is 15.0 Å². The van der Waals surface area contributed by atoms with E-state index in [0.717, 1.165) is 16.8 Å². The highest BCUT2D eigenvalue weighted by molar-refractivity contribution is 7.99. The van der Waals surface area contributed by atoms with Gasteiger partial charge in [-0.15, -0.1) is 0 Å². The number of nitrogens with zero attached hydrogens (tertiary/aromatic N) is 2. The van der Waals surface area contributed by atoms with Gasteiger partial charge in [-0.25, -0.2) is 4.98 Å². The first-order valence-electron chi connectivity index (χ1n) is 9.39. The minimum Gasteiger partial charge on any atom is -0.494 e. The SMILES string of the molecule is CCOc1ccc2nc(SCC(=O)N3c4ccccc4NC(=O)C3(C)C)[nH]c2c1. The van der Waals surface area contributed by atoms with E-state index in [1.54, 1.807) is 24.8 Å². The Labute approximate surface area is 172 Å². The lowest BCUT2D eigenvalue weighted by Gasteiger charge is -2.42. The summed E-state index contributed by atoms with van der Waals surface area (Å²) in [6, 6.07) is 13.0. The standard InChI is InChI=1S/C21H22N4O3S/c1-4-28-13-9-10-14-16(11-13)24-20(23-14)29-12-18(26)25-17-8-6-5-7-15(17)22-19(27)21(25,2)3/h5-11H,4,12H2,1-3H3,(H,22,27)(H,23,24). The molecule has 7 nitrogen and oxygen atoms in total. The Kier molecular flexibility index (Phi) is 4.96. The average Bonchev–Trinajstić information content (AvgIpc) is 3.09. The van der Waals surface area contributed by atoms with Crippen LogP contribution in [0.15, 0.2) is 47.6 Å². The second kappa shape index (κ2) is 7.44. The van der Waals surface area contributed by atoms with E-state index in [0.29, 0.717) is 23.1 Å². The quantitative estimate of drug-likeness (QED) is 0.625. The first-order chi connectivity index (χ1) is 13.9. The van der Waals surface area contributed by atoms with Gasteiger partial charge in [-0.3, -0.25) is 14.5 Å². The molecule has 0 atom stereocenters. The number of nitrogens with one attached hydrogen (secondary N) is 2. The Bertz CT molecular complexity index is 1090. The summed E-state index contributed by atoms with van der Waals surface area (Å²) in [5.74, 6) is 0.567. The number of benzene rings is 2. The molecule has 0 spiro atoms. The normalized spacial score (nSPS) is 15.1. The van der Waals surface area contributed by atoms with Crippen molar-refractivity contribution in [1.82, 2.24) is 9.97 Å². The molecule has 0 unspecified atom stereocenters. The number of fused-ring (bicyclic) bond motifs is 2. The van der Waals surface area contributed by atoms with Crippen molar-refractivity contribution in [3.63, 3.8) is 0 Å². The van der Waals surface area contributed by atoms with Gasteiger partial charge in [-0.1, -0.05) is 23.9 Å². The Hall–Kier alpha value is -3.00. The maximum atomic E-state index is 13.1. The lowest BCUT2D eigenvalue weighted by molar-refractivity contribution is -0.125. The molecule has 2 amide bonds. The molecule has 8 heteroatoms. The number of imidazole rings is 1. The van der Waals surface area contributed by atoms with E-state index in [1.165, 1.54) is 11.8 Å². The van der Waals surface area contributed by atoms with Gasteiger partial charge in [0.2, 0.25) is 11.8 Å². The molecule has 1 aliphatic heterocycles. The second-order valence-corrected chi connectivity index (χ2v) is 8.17. The van der Waals surface area contributed by atoms with Gasteiger partial charge in [0.25, 0.3) is 0 Å². The lowest BCUT2D eigenvalue weighted by atomic mass is 9.96. The number of H-pyrrole nitrogens is 1. The zero-order valence-corrected chi connectivity index (χ0v) is 17.3. The van der Waals surface area contributed by atoms with Crippen molar-refractivity contribution in [1.29, 1.82) is 0 Å². The van der Waals surface area contributed by atoms with Crippen molar-refractivity contribution < 1.29 is 14.3 Å². The van der Waals surface area contributed by atoms with Crippen LogP contribution in [0.4, 0.5) is 11.4 Å². The molecule has 0 fully saturated rings. The summed E-state index contributed by atoms with van der Waals surface area (Å²) in [6.07, 6.45) is 0. The van der Waals surface area contributed by atoms with Crippen molar-refractivity contribution in [2.24, 2.45) is 0 Å². The number of aromatic amines is 1. The molecule has 2 aromatic carbocycles. The fourth-order valence-corrected chi connectivity index (χ4v) is 4.12. The maximum absolute atomic E-state index is 13.1. The van der Waals surface area contributed by atoms with E-state index in [9.17, 15) is 9.59 Å². The van der Waals surface area contributed by atoms with Gasteiger partial charge >= 0.3 is 0 Å². The first kappa shape index (κ1) is 19.3. The molecule has 0 bridgehead atoms. The molecule has 4 rings (SSSR count). The molecule has 3 aromatic rings. The van der Waals surface area contributed by atoms with Crippen LogP contribution in [0.5, 0.6) is 5.75 Å². The highest BCUT2D eigenvalue weighted by atomic mass is 32.2. The number of thioether (sulfide) groups is 1. The molecule has 0 aliphatic carbocycles. The molecule has 150 valence electrons. The number of anilines is 2. The summed E-state index contributed by atoms with van der Waals surface area (Å²) >= 11 is 1.31. The Balaban J connectivity index is 1.55. The smallest absolute Gasteiger partial charge is 0.250 e. The number of hydrogen-bond acceptors (Lipinski definition) is 5. The van der Waals surface area contributed by atoms with Crippen LogP contribution >= 0.6 is 11.8 Å². The van der Waals surface area contributed by atoms with Crippen LogP contribution in [0.3, 0.4) is 0 Å². The monoisotopic (exact) mass is 410 g/mol. The third kappa shape index (κ3) is 3.55. The van der Waals surface area contributed by atoms with E-state index >= 15 is 0 Å². The zero-order valence-electron chi connectivity index (χ0n) is 16.5. The number of rotatable bonds is 5. The van der Waals surface area contributed by atoms with Gasteiger partial charge < -0.3 is 15.0 Å². The molecule has 1 aliphatic rings.